The van der Waals surface area contributed by atoms with Crippen molar-refractivity contribution < 1.29 is 5.11 Å². The van der Waals surface area contributed by atoms with E-state index in [9.17, 15) is 5.11 Å². The van der Waals surface area contributed by atoms with Crippen molar-refractivity contribution in [3.05, 3.63) is 126 Å². The summed E-state index contributed by atoms with van der Waals surface area (Å²) < 4.78 is 1.71. The molecule has 0 aliphatic carbocycles. The van der Waals surface area contributed by atoms with Crippen LogP contribution in [0.25, 0.3) is 11.4 Å². The molecule has 0 spiro atoms. The van der Waals surface area contributed by atoms with E-state index in [2.05, 4.69) is 93.0 Å². The minimum absolute atomic E-state index is 0.252. The summed E-state index contributed by atoms with van der Waals surface area (Å²) in [5, 5.41) is 16.0. The number of aliphatic hydroxyl groups excluding tert-OH is 1. The van der Waals surface area contributed by atoms with Gasteiger partial charge >= 0.3 is 0 Å². The number of hydrogen-bond donors (Lipinski definition) is 2. The molecule has 1 atom stereocenters. The maximum absolute atomic E-state index is 11.3. The minimum atomic E-state index is -0.455. The molecule has 3 N–H and O–H groups in total. The van der Waals surface area contributed by atoms with Crippen LogP contribution in [-0.2, 0) is 6.54 Å². The molecule has 1 saturated heterocycles. The molecule has 1 unspecified atom stereocenters. The summed E-state index contributed by atoms with van der Waals surface area (Å²) in [5.74, 6) is 2.16. The Morgan fingerprint density at radius 3 is 2.36 bits per heavy atom. The third-order valence-corrected chi connectivity index (χ3v) is 9.75. The molecule has 10 heteroatoms. The molecule has 2 aromatic carbocycles. The molecule has 2 aliphatic heterocycles. The van der Waals surface area contributed by atoms with Gasteiger partial charge in [-0.25, -0.2) is 15.0 Å². The van der Waals surface area contributed by atoms with Crippen LogP contribution in [0.1, 0.15) is 48.6 Å². The first kappa shape index (κ1) is 34.9. The standard InChI is InChI=1S/C40H49N9O/c1-5-31-26-35(32-11-8-7-9-12-32)27-36(44-38(31)49-37(41)25-29(3)45-49)33-15-13-30(14-16-33)28-47-21-17-34(18-22-47)39(50)48(6-2)24-23-46(4)40-42-19-10-20-43-40/h5,7-16,19-20,25-26,34,39,50H,1,6,17-18,21-24,27-28,41H2,2-4H3. The number of nitrogens with two attached hydrogens (primary N) is 1. The number of likely N-dealkylation sites (tertiary alicyclic amines) is 1. The number of anilines is 2. The first-order valence-corrected chi connectivity index (χ1v) is 17.6. The van der Waals surface area contributed by atoms with E-state index in [-0.39, 0.29) is 5.92 Å². The highest BCUT2D eigenvalue weighted by Crippen LogP contribution is 2.31. The lowest BCUT2D eigenvalue weighted by Gasteiger charge is -2.38. The molecular weight excluding hydrogens is 623 g/mol. The van der Waals surface area contributed by atoms with Crippen molar-refractivity contribution >= 4 is 28.9 Å². The summed E-state index contributed by atoms with van der Waals surface area (Å²) in [4.78, 5) is 20.6. The highest BCUT2D eigenvalue weighted by Gasteiger charge is 2.29. The van der Waals surface area contributed by atoms with E-state index in [0.717, 1.165) is 85.8 Å². The van der Waals surface area contributed by atoms with Gasteiger partial charge in [-0.3, -0.25) is 9.80 Å². The topological polar surface area (TPSA) is 112 Å². The highest BCUT2D eigenvalue weighted by atomic mass is 16.3. The smallest absolute Gasteiger partial charge is 0.225 e. The van der Waals surface area contributed by atoms with Crippen LogP contribution < -0.4 is 10.6 Å². The molecule has 1 fully saturated rings. The maximum atomic E-state index is 11.3. The van der Waals surface area contributed by atoms with Gasteiger partial charge in [-0.1, -0.05) is 74.2 Å². The molecule has 4 heterocycles. The number of nitrogen functional groups attached to an aromatic ring is 1. The van der Waals surface area contributed by atoms with Gasteiger partial charge in [0.25, 0.3) is 0 Å². The van der Waals surface area contributed by atoms with E-state index < -0.39 is 6.23 Å². The lowest BCUT2D eigenvalue weighted by atomic mass is 9.93. The Labute approximate surface area is 296 Å². The van der Waals surface area contributed by atoms with Crippen LogP contribution in [0.3, 0.4) is 0 Å². The predicted octanol–water partition coefficient (Wildman–Crippen LogP) is 5.88. The quantitative estimate of drug-likeness (QED) is 0.170. The van der Waals surface area contributed by atoms with Crippen LogP contribution in [0, 0.1) is 12.8 Å². The zero-order valence-electron chi connectivity index (χ0n) is 29.5. The monoisotopic (exact) mass is 671 g/mol. The second-order valence-corrected chi connectivity index (χ2v) is 13.2. The van der Waals surface area contributed by atoms with E-state index in [0.29, 0.717) is 24.0 Å². The molecule has 2 aliphatic rings. The molecule has 0 amide bonds. The second-order valence-electron chi connectivity index (χ2n) is 13.2. The summed E-state index contributed by atoms with van der Waals surface area (Å²) in [5.41, 5.74) is 13.7. The third-order valence-electron chi connectivity index (χ3n) is 9.75. The van der Waals surface area contributed by atoms with Crippen LogP contribution in [0.5, 0.6) is 0 Å². The van der Waals surface area contributed by atoms with Gasteiger partial charge in [0.15, 0.2) is 5.82 Å². The van der Waals surface area contributed by atoms with Crippen molar-refractivity contribution in [2.75, 3.05) is 50.4 Å². The van der Waals surface area contributed by atoms with Gasteiger partial charge in [0.2, 0.25) is 5.95 Å². The van der Waals surface area contributed by atoms with E-state index in [4.69, 9.17) is 10.7 Å². The number of allylic oxidation sites excluding steroid dienone is 4. The Morgan fingerprint density at radius 2 is 1.72 bits per heavy atom. The van der Waals surface area contributed by atoms with Gasteiger partial charge in [-0.15, -0.1) is 0 Å². The maximum Gasteiger partial charge on any atom is 0.225 e. The van der Waals surface area contributed by atoms with Gasteiger partial charge in [0.1, 0.15) is 12.0 Å². The highest BCUT2D eigenvalue weighted by molar-refractivity contribution is 6.09. The van der Waals surface area contributed by atoms with Crippen molar-refractivity contribution in [2.24, 2.45) is 10.9 Å². The van der Waals surface area contributed by atoms with Gasteiger partial charge in [-0.2, -0.15) is 9.78 Å². The molecule has 50 heavy (non-hydrogen) atoms. The van der Waals surface area contributed by atoms with Crippen LogP contribution in [0.15, 0.2) is 108 Å². The fraction of sp³-hybridized carbons (Fsp3) is 0.350. The number of aliphatic hydroxyl groups is 1. The van der Waals surface area contributed by atoms with Crippen molar-refractivity contribution in [3.8, 4) is 0 Å². The molecule has 6 rings (SSSR count). The molecule has 260 valence electrons. The normalized spacial score (nSPS) is 16.6. The molecular formula is C40H49N9O. The fourth-order valence-electron chi connectivity index (χ4n) is 6.84. The summed E-state index contributed by atoms with van der Waals surface area (Å²) in [6, 6.07) is 22.9. The molecule has 0 bridgehead atoms. The van der Waals surface area contributed by atoms with Gasteiger partial charge in [-0.05, 0) is 73.8 Å². The van der Waals surface area contributed by atoms with Crippen molar-refractivity contribution in [2.45, 2.75) is 45.9 Å². The number of aryl methyl sites for hydroxylation is 1. The fourth-order valence-corrected chi connectivity index (χ4v) is 6.84. The number of aliphatic imine (C=N–C) groups is 1. The zero-order valence-corrected chi connectivity index (χ0v) is 29.5. The van der Waals surface area contributed by atoms with E-state index in [1.54, 1.807) is 17.1 Å². The van der Waals surface area contributed by atoms with Crippen LogP contribution in [0.4, 0.5) is 11.8 Å². The number of aromatic nitrogens is 4. The van der Waals surface area contributed by atoms with Gasteiger partial charge in [0, 0.05) is 63.1 Å². The molecule has 2 aromatic heterocycles. The Hall–Kier alpha value is -4.90. The average Bonchev–Trinajstić information content (AvgIpc) is 3.37. The van der Waals surface area contributed by atoms with Crippen LogP contribution in [0.2, 0.25) is 0 Å². The Balaban J connectivity index is 1.11. The Bertz CT molecular complexity index is 1820. The van der Waals surface area contributed by atoms with Crippen molar-refractivity contribution in [3.63, 3.8) is 0 Å². The third kappa shape index (κ3) is 8.27. The number of nitrogens with zero attached hydrogens (tertiary/aromatic N) is 8. The number of likely N-dealkylation sites (N-methyl/N-ethyl adjacent to an activating group) is 2. The summed E-state index contributed by atoms with van der Waals surface area (Å²) in [6.07, 6.45) is 9.63. The van der Waals surface area contributed by atoms with Crippen molar-refractivity contribution in [1.29, 1.82) is 0 Å². The van der Waals surface area contributed by atoms with Crippen LogP contribution >= 0.6 is 0 Å². The average molecular weight is 672 g/mol. The first-order chi connectivity index (χ1) is 24.3. The lowest BCUT2D eigenvalue weighted by Crippen LogP contribution is -2.47. The molecule has 0 radical (unpaired) electrons. The molecule has 4 aromatic rings. The summed E-state index contributed by atoms with van der Waals surface area (Å²) in [7, 11) is 1.99. The van der Waals surface area contributed by atoms with Gasteiger partial charge in [0.05, 0.1) is 11.4 Å². The summed E-state index contributed by atoms with van der Waals surface area (Å²) >= 11 is 0. The van der Waals surface area contributed by atoms with Crippen LogP contribution in [-0.4, -0.2) is 86.4 Å². The number of piperidine rings is 1. The van der Waals surface area contributed by atoms with E-state index >= 15 is 0 Å². The molecule has 0 saturated carbocycles. The van der Waals surface area contributed by atoms with Crippen molar-refractivity contribution in [1.82, 2.24) is 29.5 Å². The second kappa shape index (κ2) is 16.2. The number of hydrogen-bond acceptors (Lipinski definition) is 9. The number of benzene rings is 2. The lowest BCUT2D eigenvalue weighted by molar-refractivity contribution is -0.0546. The van der Waals surface area contributed by atoms with E-state index in [1.807, 2.05) is 43.1 Å². The number of rotatable bonds is 13. The predicted molar refractivity (Wildman–Crippen MR) is 203 cm³/mol. The zero-order chi connectivity index (χ0) is 35.0. The molecule has 10 nitrogen and oxygen atoms in total. The SMILES string of the molecule is C=CC1=C(n2nc(C)cc2N)N=C(c2ccc(CN3CCC(C(O)N(CC)CCN(C)c4ncccn4)CC3)cc2)CC(c2ccccc2)=C1. The summed E-state index contributed by atoms with van der Waals surface area (Å²) in [6.45, 7) is 13.2. The Morgan fingerprint density at radius 1 is 1.00 bits per heavy atom. The minimum Gasteiger partial charge on any atom is -0.384 e. The van der Waals surface area contributed by atoms with E-state index in [1.165, 1.54) is 5.56 Å². The van der Waals surface area contributed by atoms with Gasteiger partial charge < -0.3 is 15.7 Å². The largest absolute Gasteiger partial charge is 0.384 e. The first-order valence-electron chi connectivity index (χ1n) is 17.6. The Kier molecular flexibility index (Phi) is 11.3.